The molecule has 1 heterocycles. The number of benzene rings is 1. The number of nitrogens with one attached hydrogen (secondary N) is 1. The Balaban J connectivity index is 1.86. The second-order valence-corrected chi connectivity index (χ2v) is 3.78. The Hall–Kier alpha value is -2.14. The Morgan fingerprint density at radius 2 is 2.28 bits per heavy atom. The van der Waals surface area contributed by atoms with Crippen molar-refractivity contribution in [2.24, 2.45) is 0 Å². The van der Waals surface area contributed by atoms with Crippen molar-refractivity contribution in [1.29, 1.82) is 0 Å². The van der Waals surface area contributed by atoms with Gasteiger partial charge in [0.15, 0.2) is 0 Å². The molecule has 0 atom stereocenters. The largest absolute Gasteiger partial charge is 0.492 e. The molecule has 5 nitrogen and oxygen atoms in total. The van der Waals surface area contributed by atoms with Crippen molar-refractivity contribution in [2.75, 3.05) is 19.7 Å². The molecule has 1 aromatic carbocycles. The van der Waals surface area contributed by atoms with Crippen LogP contribution in [0.1, 0.15) is 0 Å². The highest BCUT2D eigenvalue weighted by atomic mass is 16.5. The fourth-order valence-corrected chi connectivity index (χ4v) is 1.58. The number of pyridine rings is 1. The molecule has 94 valence electrons. The van der Waals surface area contributed by atoms with Crippen molar-refractivity contribution < 1.29 is 14.6 Å². The molecule has 0 saturated heterocycles. The zero-order valence-electron chi connectivity index (χ0n) is 9.80. The van der Waals surface area contributed by atoms with Gasteiger partial charge < -0.3 is 15.2 Å². The molecule has 0 aliphatic rings. The first-order chi connectivity index (χ1) is 8.75. The topological polar surface area (TPSA) is 71.5 Å². The molecular formula is C13H14N2O3. The summed E-state index contributed by atoms with van der Waals surface area (Å²) in [5.41, 5.74) is 0.925. The second-order valence-electron chi connectivity index (χ2n) is 3.78. The summed E-state index contributed by atoms with van der Waals surface area (Å²) in [5, 5.41) is 12.2. The number of carbonyl (C=O) groups is 1. The standard InChI is InChI=1S/C13H14N2O3/c16-13(17)9-14-6-7-18-11-3-4-12-10(8-11)2-1-5-15-12/h1-5,8,14H,6-7,9H2,(H,16,17). The van der Waals surface area contributed by atoms with Crippen LogP contribution in [0.25, 0.3) is 10.9 Å². The van der Waals surface area contributed by atoms with Crippen LogP contribution < -0.4 is 10.1 Å². The zero-order valence-corrected chi connectivity index (χ0v) is 9.80. The molecule has 1 aromatic heterocycles. The summed E-state index contributed by atoms with van der Waals surface area (Å²) in [6.07, 6.45) is 1.75. The summed E-state index contributed by atoms with van der Waals surface area (Å²) < 4.78 is 5.51. The molecule has 0 fully saturated rings. The number of fused-ring (bicyclic) bond motifs is 1. The Morgan fingerprint density at radius 1 is 1.39 bits per heavy atom. The van der Waals surface area contributed by atoms with Crippen LogP contribution in [0.4, 0.5) is 0 Å². The number of carboxylic acid groups (broad SMARTS) is 1. The lowest BCUT2D eigenvalue weighted by molar-refractivity contribution is -0.135. The molecule has 0 unspecified atom stereocenters. The monoisotopic (exact) mass is 246 g/mol. The van der Waals surface area contributed by atoms with Crippen molar-refractivity contribution >= 4 is 16.9 Å². The van der Waals surface area contributed by atoms with Crippen LogP contribution in [0.5, 0.6) is 5.75 Å². The minimum absolute atomic E-state index is 0.0506. The second kappa shape index (κ2) is 5.97. The number of rotatable bonds is 6. The number of aliphatic carboxylic acids is 1. The van der Waals surface area contributed by atoms with Gasteiger partial charge >= 0.3 is 5.97 Å². The third kappa shape index (κ3) is 3.43. The first-order valence-electron chi connectivity index (χ1n) is 5.66. The first-order valence-corrected chi connectivity index (χ1v) is 5.66. The SMILES string of the molecule is O=C(O)CNCCOc1ccc2ncccc2c1. The Bertz CT molecular complexity index is 543. The van der Waals surface area contributed by atoms with Gasteiger partial charge in [-0.15, -0.1) is 0 Å². The van der Waals surface area contributed by atoms with Crippen LogP contribution in [-0.4, -0.2) is 35.8 Å². The van der Waals surface area contributed by atoms with Gasteiger partial charge in [-0.25, -0.2) is 0 Å². The molecule has 18 heavy (non-hydrogen) atoms. The van der Waals surface area contributed by atoms with Crippen molar-refractivity contribution in [3.63, 3.8) is 0 Å². The van der Waals surface area contributed by atoms with E-state index in [-0.39, 0.29) is 6.54 Å². The molecule has 0 aliphatic heterocycles. The maximum atomic E-state index is 10.3. The zero-order chi connectivity index (χ0) is 12.8. The molecule has 0 spiro atoms. The van der Waals surface area contributed by atoms with Crippen LogP contribution in [-0.2, 0) is 4.79 Å². The third-order valence-corrected chi connectivity index (χ3v) is 2.40. The first kappa shape index (κ1) is 12.3. The van der Waals surface area contributed by atoms with Gasteiger partial charge in [-0.05, 0) is 24.3 Å². The van der Waals surface area contributed by atoms with Crippen molar-refractivity contribution in [2.45, 2.75) is 0 Å². The van der Waals surface area contributed by atoms with Gasteiger partial charge in [-0.1, -0.05) is 6.07 Å². The van der Waals surface area contributed by atoms with Gasteiger partial charge in [0.1, 0.15) is 12.4 Å². The maximum absolute atomic E-state index is 10.3. The predicted molar refractivity (Wildman–Crippen MR) is 67.7 cm³/mol. The molecule has 0 saturated carbocycles. The van der Waals surface area contributed by atoms with Gasteiger partial charge in [-0.3, -0.25) is 9.78 Å². The number of carboxylic acids is 1. The highest BCUT2D eigenvalue weighted by Gasteiger charge is 1.98. The molecule has 2 rings (SSSR count). The summed E-state index contributed by atoms with van der Waals surface area (Å²) in [4.78, 5) is 14.5. The van der Waals surface area contributed by atoms with Crippen LogP contribution >= 0.6 is 0 Å². The molecule has 5 heteroatoms. The van der Waals surface area contributed by atoms with Crippen molar-refractivity contribution in [3.8, 4) is 5.75 Å². The smallest absolute Gasteiger partial charge is 0.317 e. The van der Waals surface area contributed by atoms with Crippen molar-refractivity contribution in [1.82, 2.24) is 10.3 Å². The van der Waals surface area contributed by atoms with E-state index in [0.717, 1.165) is 16.7 Å². The molecule has 2 aromatic rings. The van der Waals surface area contributed by atoms with E-state index in [1.165, 1.54) is 0 Å². The van der Waals surface area contributed by atoms with Gasteiger partial charge in [-0.2, -0.15) is 0 Å². The number of aromatic nitrogens is 1. The normalized spacial score (nSPS) is 10.4. The maximum Gasteiger partial charge on any atom is 0.317 e. The van der Waals surface area contributed by atoms with Crippen LogP contribution in [0.15, 0.2) is 36.5 Å². The van der Waals surface area contributed by atoms with E-state index in [4.69, 9.17) is 9.84 Å². The van der Waals surface area contributed by atoms with E-state index in [1.807, 2.05) is 30.3 Å². The van der Waals surface area contributed by atoms with E-state index < -0.39 is 5.97 Å². The number of ether oxygens (including phenoxy) is 1. The van der Waals surface area contributed by atoms with E-state index >= 15 is 0 Å². The van der Waals surface area contributed by atoms with Crippen LogP contribution in [0.3, 0.4) is 0 Å². The minimum atomic E-state index is -0.869. The minimum Gasteiger partial charge on any atom is -0.492 e. The molecule has 0 amide bonds. The predicted octanol–water partition coefficient (Wildman–Crippen LogP) is 1.29. The fraction of sp³-hybridized carbons (Fsp3) is 0.231. The average Bonchev–Trinajstić information content (AvgIpc) is 2.38. The molecular weight excluding hydrogens is 232 g/mol. The summed E-state index contributed by atoms with van der Waals surface area (Å²) in [6, 6.07) is 9.51. The molecule has 0 aliphatic carbocycles. The van der Waals surface area contributed by atoms with Gasteiger partial charge in [0, 0.05) is 18.1 Å². The lowest BCUT2D eigenvalue weighted by Crippen LogP contribution is -2.26. The number of hydrogen-bond acceptors (Lipinski definition) is 4. The van der Waals surface area contributed by atoms with Crippen LogP contribution in [0, 0.1) is 0 Å². The Kier molecular flexibility index (Phi) is 4.09. The van der Waals surface area contributed by atoms with E-state index in [1.54, 1.807) is 6.20 Å². The lowest BCUT2D eigenvalue weighted by Gasteiger charge is -2.07. The summed E-state index contributed by atoms with van der Waals surface area (Å²) in [6.45, 7) is 0.876. The average molecular weight is 246 g/mol. The molecule has 0 radical (unpaired) electrons. The van der Waals surface area contributed by atoms with Gasteiger partial charge in [0.05, 0.1) is 12.1 Å². The van der Waals surface area contributed by atoms with E-state index in [2.05, 4.69) is 10.3 Å². The van der Waals surface area contributed by atoms with E-state index in [0.29, 0.717) is 13.2 Å². The summed E-state index contributed by atoms with van der Waals surface area (Å²) in [7, 11) is 0. The van der Waals surface area contributed by atoms with Crippen molar-refractivity contribution in [3.05, 3.63) is 36.5 Å². The fourth-order valence-electron chi connectivity index (χ4n) is 1.58. The number of nitrogens with zero attached hydrogens (tertiary/aromatic N) is 1. The Labute approximate surface area is 104 Å². The third-order valence-electron chi connectivity index (χ3n) is 2.40. The molecule has 0 bridgehead atoms. The highest BCUT2D eigenvalue weighted by molar-refractivity contribution is 5.79. The van der Waals surface area contributed by atoms with Gasteiger partial charge in [0.2, 0.25) is 0 Å². The highest BCUT2D eigenvalue weighted by Crippen LogP contribution is 2.18. The quantitative estimate of drug-likeness (QED) is 0.751. The summed E-state index contributed by atoms with van der Waals surface area (Å²) in [5.74, 6) is -0.112. The Morgan fingerprint density at radius 3 is 3.11 bits per heavy atom. The van der Waals surface area contributed by atoms with E-state index in [9.17, 15) is 4.79 Å². The summed E-state index contributed by atoms with van der Waals surface area (Å²) >= 11 is 0. The molecule has 2 N–H and O–H groups in total. The lowest BCUT2D eigenvalue weighted by atomic mass is 10.2. The van der Waals surface area contributed by atoms with Crippen LogP contribution in [0.2, 0.25) is 0 Å². The van der Waals surface area contributed by atoms with Gasteiger partial charge in [0.25, 0.3) is 0 Å². The number of hydrogen-bond donors (Lipinski definition) is 2.